The molecule has 5 nitrogen and oxygen atoms in total. The minimum absolute atomic E-state index is 0.349. The van der Waals surface area contributed by atoms with E-state index in [2.05, 4.69) is 51.4 Å². The Kier molecular flexibility index (Phi) is 4.57. The number of nitrogens with zero attached hydrogens (tertiary/aromatic N) is 4. The second-order valence-electron chi connectivity index (χ2n) is 7.42. The van der Waals surface area contributed by atoms with Gasteiger partial charge in [0.2, 0.25) is 0 Å². The fraction of sp³-hybridized carbons (Fsp3) is 0.632. The molecule has 0 amide bonds. The summed E-state index contributed by atoms with van der Waals surface area (Å²) in [7, 11) is 0. The molecule has 2 aromatic heterocycles. The van der Waals surface area contributed by atoms with Crippen LogP contribution in [0.5, 0.6) is 0 Å². The van der Waals surface area contributed by atoms with Crippen LogP contribution >= 0.6 is 0 Å². The van der Waals surface area contributed by atoms with Gasteiger partial charge < -0.3 is 9.14 Å². The standard InChI is InChI=1S/C19H28N4O/c1-15-11-21(12-16(2)24-15)13-17-6-5-8-22(17)14-18-10-20-19-7-3-4-9-23(18)19/h3-4,7,9-10,15-17H,5-6,8,11-14H2,1-2H3. The predicted molar refractivity (Wildman–Crippen MR) is 95.1 cm³/mol. The lowest BCUT2D eigenvalue weighted by Gasteiger charge is -2.38. The molecule has 0 spiro atoms. The lowest BCUT2D eigenvalue weighted by Crippen LogP contribution is -2.50. The van der Waals surface area contributed by atoms with Crippen LogP contribution in [-0.4, -0.2) is 63.6 Å². The maximum absolute atomic E-state index is 5.87. The lowest BCUT2D eigenvalue weighted by molar-refractivity contribution is -0.0724. The maximum atomic E-state index is 5.87. The van der Waals surface area contributed by atoms with Crippen molar-refractivity contribution in [3.05, 3.63) is 36.3 Å². The highest BCUT2D eigenvalue weighted by Gasteiger charge is 2.30. The summed E-state index contributed by atoms with van der Waals surface area (Å²) in [6, 6.07) is 6.85. The van der Waals surface area contributed by atoms with Gasteiger partial charge in [-0.3, -0.25) is 9.80 Å². The zero-order valence-corrected chi connectivity index (χ0v) is 14.8. The van der Waals surface area contributed by atoms with Gasteiger partial charge in [0.25, 0.3) is 0 Å². The van der Waals surface area contributed by atoms with Crippen LogP contribution in [0.25, 0.3) is 5.65 Å². The smallest absolute Gasteiger partial charge is 0.136 e. The van der Waals surface area contributed by atoms with E-state index < -0.39 is 0 Å². The van der Waals surface area contributed by atoms with Gasteiger partial charge in [0, 0.05) is 38.4 Å². The Morgan fingerprint density at radius 2 is 2.04 bits per heavy atom. The molecule has 2 aliphatic heterocycles. The van der Waals surface area contributed by atoms with Crippen molar-refractivity contribution < 1.29 is 4.74 Å². The number of likely N-dealkylation sites (tertiary alicyclic amines) is 1. The zero-order chi connectivity index (χ0) is 16.5. The topological polar surface area (TPSA) is 33.0 Å². The van der Waals surface area contributed by atoms with Crippen molar-refractivity contribution in [2.45, 2.75) is 51.5 Å². The van der Waals surface area contributed by atoms with E-state index in [1.807, 2.05) is 12.3 Å². The third-order valence-corrected chi connectivity index (χ3v) is 5.32. The Balaban J connectivity index is 1.43. The zero-order valence-electron chi connectivity index (χ0n) is 14.8. The minimum Gasteiger partial charge on any atom is -0.373 e. The third-order valence-electron chi connectivity index (χ3n) is 5.32. The fourth-order valence-electron chi connectivity index (χ4n) is 4.35. The first-order valence-corrected chi connectivity index (χ1v) is 9.22. The SMILES string of the molecule is CC1CN(CC2CCCN2Cc2cnc3ccccn23)CC(C)O1. The fourth-order valence-corrected chi connectivity index (χ4v) is 4.35. The summed E-state index contributed by atoms with van der Waals surface area (Å²) in [5.41, 5.74) is 2.33. The maximum Gasteiger partial charge on any atom is 0.136 e. The molecule has 0 radical (unpaired) electrons. The molecule has 0 N–H and O–H groups in total. The van der Waals surface area contributed by atoms with E-state index in [-0.39, 0.29) is 0 Å². The number of fused-ring (bicyclic) bond motifs is 1. The molecule has 0 bridgehead atoms. The number of aromatic nitrogens is 2. The number of pyridine rings is 1. The number of rotatable bonds is 4. The van der Waals surface area contributed by atoms with Crippen molar-refractivity contribution in [2.75, 3.05) is 26.2 Å². The van der Waals surface area contributed by atoms with Crippen molar-refractivity contribution in [1.29, 1.82) is 0 Å². The van der Waals surface area contributed by atoms with E-state index in [0.717, 1.165) is 31.8 Å². The molecule has 2 aliphatic rings. The molecule has 0 aliphatic carbocycles. The number of imidazole rings is 1. The Morgan fingerprint density at radius 3 is 2.88 bits per heavy atom. The van der Waals surface area contributed by atoms with Crippen LogP contribution in [0.2, 0.25) is 0 Å². The highest BCUT2D eigenvalue weighted by molar-refractivity contribution is 5.39. The summed E-state index contributed by atoms with van der Waals surface area (Å²) in [6.07, 6.45) is 7.45. The molecule has 2 aromatic rings. The highest BCUT2D eigenvalue weighted by atomic mass is 16.5. The molecule has 3 unspecified atom stereocenters. The van der Waals surface area contributed by atoms with Crippen LogP contribution in [-0.2, 0) is 11.3 Å². The van der Waals surface area contributed by atoms with Crippen molar-refractivity contribution in [2.24, 2.45) is 0 Å². The molecule has 2 saturated heterocycles. The molecular weight excluding hydrogens is 300 g/mol. The summed E-state index contributed by atoms with van der Waals surface area (Å²) in [4.78, 5) is 9.76. The lowest BCUT2D eigenvalue weighted by atomic mass is 10.1. The van der Waals surface area contributed by atoms with Gasteiger partial charge in [0.05, 0.1) is 24.1 Å². The Labute approximate surface area is 144 Å². The van der Waals surface area contributed by atoms with Gasteiger partial charge in [0.1, 0.15) is 5.65 Å². The van der Waals surface area contributed by atoms with Gasteiger partial charge in [-0.05, 0) is 45.4 Å². The molecule has 0 aromatic carbocycles. The van der Waals surface area contributed by atoms with Gasteiger partial charge in [-0.1, -0.05) is 6.07 Å². The Bertz CT molecular complexity index is 675. The Hall–Kier alpha value is -1.43. The molecule has 24 heavy (non-hydrogen) atoms. The first-order valence-electron chi connectivity index (χ1n) is 9.22. The molecule has 2 fully saturated rings. The summed E-state index contributed by atoms with van der Waals surface area (Å²) in [6.45, 7) is 9.84. The van der Waals surface area contributed by atoms with Crippen LogP contribution in [0, 0.1) is 0 Å². The van der Waals surface area contributed by atoms with Crippen molar-refractivity contribution >= 4 is 5.65 Å². The minimum atomic E-state index is 0.349. The molecular formula is C19H28N4O. The van der Waals surface area contributed by atoms with E-state index in [1.54, 1.807) is 0 Å². The van der Waals surface area contributed by atoms with Gasteiger partial charge in [-0.2, -0.15) is 0 Å². The van der Waals surface area contributed by atoms with Gasteiger partial charge in [0.15, 0.2) is 0 Å². The first kappa shape index (κ1) is 16.1. The molecule has 4 rings (SSSR count). The van der Waals surface area contributed by atoms with E-state index in [1.165, 1.54) is 25.1 Å². The summed E-state index contributed by atoms with van der Waals surface area (Å²) in [5.74, 6) is 0. The number of ether oxygens (including phenoxy) is 1. The molecule has 0 saturated carbocycles. The Morgan fingerprint density at radius 1 is 1.21 bits per heavy atom. The molecule has 3 atom stereocenters. The molecule has 4 heterocycles. The largest absolute Gasteiger partial charge is 0.373 e. The van der Waals surface area contributed by atoms with E-state index >= 15 is 0 Å². The van der Waals surface area contributed by atoms with Crippen LogP contribution in [0.1, 0.15) is 32.4 Å². The highest BCUT2D eigenvalue weighted by Crippen LogP contribution is 2.23. The van der Waals surface area contributed by atoms with E-state index in [9.17, 15) is 0 Å². The number of hydrogen-bond donors (Lipinski definition) is 0. The van der Waals surface area contributed by atoms with Gasteiger partial charge in [-0.15, -0.1) is 0 Å². The molecule has 130 valence electrons. The normalized spacial score (nSPS) is 29.5. The average molecular weight is 328 g/mol. The van der Waals surface area contributed by atoms with Crippen molar-refractivity contribution in [3.63, 3.8) is 0 Å². The van der Waals surface area contributed by atoms with E-state index in [0.29, 0.717) is 18.2 Å². The second-order valence-corrected chi connectivity index (χ2v) is 7.42. The van der Waals surface area contributed by atoms with Gasteiger partial charge in [-0.25, -0.2) is 4.98 Å². The summed E-state index contributed by atoms with van der Waals surface area (Å²) in [5, 5.41) is 0. The van der Waals surface area contributed by atoms with Crippen LogP contribution < -0.4 is 0 Å². The first-order chi connectivity index (χ1) is 11.7. The third kappa shape index (κ3) is 3.34. The van der Waals surface area contributed by atoms with Crippen molar-refractivity contribution in [3.8, 4) is 0 Å². The number of hydrogen-bond acceptors (Lipinski definition) is 4. The second kappa shape index (κ2) is 6.82. The summed E-state index contributed by atoms with van der Waals surface area (Å²) < 4.78 is 8.09. The van der Waals surface area contributed by atoms with E-state index in [4.69, 9.17) is 4.74 Å². The number of morpholine rings is 1. The summed E-state index contributed by atoms with van der Waals surface area (Å²) >= 11 is 0. The van der Waals surface area contributed by atoms with Crippen molar-refractivity contribution in [1.82, 2.24) is 19.2 Å². The quantitative estimate of drug-likeness (QED) is 0.863. The van der Waals surface area contributed by atoms with Crippen LogP contribution in [0.4, 0.5) is 0 Å². The monoisotopic (exact) mass is 328 g/mol. The molecule has 5 heteroatoms. The van der Waals surface area contributed by atoms with Crippen LogP contribution in [0.3, 0.4) is 0 Å². The van der Waals surface area contributed by atoms with Gasteiger partial charge >= 0.3 is 0 Å². The predicted octanol–water partition coefficient (Wildman–Crippen LogP) is 2.41. The average Bonchev–Trinajstić information content (AvgIpc) is 3.15. The van der Waals surface area contributed by atoms with Crippen LogP contribution in [0.15, 0.2) is 30.6 Å².